The third-order valence-corrected chi connectivity index (χ3v) is 7.73. The molecule has 1 heterocycles. The van der Waals surface area contributed by atoms with Crippen LogP contribution in [0.4, 0.5) is 5.69 Å². The van der Waals surface area contributed by atoms with Crippen LogP contribution < -0.4 is 14.8 Å². The zero-order chi connectivity index (χ0) is 29.1. The molecule has 0 unspecified atom stereocenters. The molecule has 2 rings (SSSR count). The van der Waals surface area contributed by atoms with Crippen molar-refractivity contribution >= 4 is 33.9 Å². The van der Waals surface area contributed by atoms with E-state index in [1.165, 1.54) is 62.6 Å². The molecule has 2 aromatic rings. The first-order valence-electron chi connectivity index (χ1n) is 15.0. The van der Waals surface area contributed by atoms with Crippen molar-refractivity contribution in [2.75, 3.05) is 30.3 Å². The molecule has 1 aromatic carbocycles. The summed E-state index contributed by atoms with van der Waals surface area (Å²) >= 11 is 0. The molecule has 7 nitrogen and oxygen atoms in total. The van der Waals surface area contributed by atoms with Gasteiger partial charge < -0.3 is 10.2 Å². The standard InChI is InChI=1S/C32H49N3O4S/c1-3-5-7-9-24-35(25-10-8-6-4-2)31-18-16-29(17-19-31)14-15-30-20-26-34(27-21-30)23-11-13-32(36)33-22-12-28-40(37,38)39/h14-21,26-27H,3-13,22-25,28H2,1-2H3,(H-,33,36,37,38,39)/p+1. The van der Waals surface area contributed by atoms with Gasteiger partial charge in [0.1, 0.15) is 6.54 Å². The summed E-state index contributed by atoms with van der Waals surface area (Å²) in [5.74, 6) is -0.454. The zero-order valence-corrected chi connectivity index (χ0v) is 25.4. The SMILES string of the molecule is CCCCCCN(CCCCCC)c1ccc(/C=C/c2cc[n+](CCCC(=O)NCCCS(=O)(=O)O)cc2)cc1. The number of unbranched alkanes of at least 4 members (excludes halogenated alkanes) is 6. The average Bonchev–Trinajstić information content (AvgIpc) is 2.94. The van der Waals surface area contributed by atoms with E-state index >= 15 is 0 Å². The second-order valence-corrected chi connectivity index (χ2v) is 12.1. The molecule has 0 aliphatic carbocycles. The van der Waals surface area contributed by atoms with Crippen molar-refractivity contribution < 1.29 is 22.3 Å². The number of benzene rings is 1. The molecule has 1 aromatic heterocycles. The van der Waals surface area contributed by atoms with Crippen LogP contribution in [0.25, 0.3) is 12.2 Å². The third kappa shape index (κ3) is 15.2. The Morgan fingerprint density at radius 1 is 0.825 bits per heavy atom. The molecular weight excluding hydrogens is 522 g/mol. The number of carbonyl (C=O) groups is 1. The fourth-order valence-corrected chi connectivity index (χ4v) is 5.05. The number of amides is 1. The Morgan fingerprint density at radius 2 is 1.40 bits per heavy atom. The lowest BCUT2D eigenvalue weighted by molar-refractivity contribution is -0.697. The van der Waals surface area contributed by atoms with E-state index in [1.54, 1.807) is 0 Å². The number of nitrogens with one attached hydrogen (secondary N) is 1. The maximum atomic E-state index is 11.9. The maximum absolute atomic E-state index is 11.9. The number of anilines is 1. The minimum atomic E-state index is -3.97. The van der Waals surface area contributed by atoms with Crippen molar-refractivity contribution in [3.8, 4) is 0 Å². The number of rotatable bonds is 21. The first-order valence-corrected chi connectivity index (χ1v) is 16.7. The molecule has 0 atom stereocenters. The molecule has 1 amide bonds. The van der Waals surface area contributed by atoms with E-state index < -0.39 is 10.1 Å². The van der Waals surface area contributed by atoms with E-state index in [4.69, 9.17) is 4.55 Å². The lowest BCUT2D eigenvalue weighted by Crippen LogP contribution is -2.34. The van der Waals surface area contributed by atoms with Crippen molar-refractivity contribution in [3.05, 3.63) is 59.9 Å². The number of aromatic nitrogens is 1. The Kier molecular flexibility index (Phi) is 16.2. The Labute approximate surface area is 242 Å². The monoisotopic (exact) mass is 572 g/mol. The first-order chi connectivity index (χ1) is 19.3. The van der Waals surface area contributed by atoms with E-state index in [1.807, 2.05) is 17.0 Å². The smallest absolute Gasteiger partial charge is 0.264 e. The van der Waals surface area contributed by atoms with Gasteiger partial charge >= 0.3 is 0 Å². The van der Waals surface area contributed by atoms with Gasteiger partial charge in [-0.3, -0.25) is 9.35 Å². The Balaban J connectivity index is 1.80. The van der Waals surface area contributed by atoms with Gasteiger partial charge in [-0.2, -0.15) is 8.42 Å². The van der Waals surface area contributed by atoms with Crippen LogP contribution in [0.2, 0.25) is 0 Å². The topological polar surface area (TPSA) is 90.6 Å². The number of hydrogen-bond acceptors (Lipinski definition) is 4. The molecule has 0 radical (unpaired) electrons. The summed E-state index contributed by atoms with van der Waals surface area (Å²) in [6, 6.07) is 13.0. The normalized spacial score (nSPS) is 11.7. The van der Waals surface area contributed by atoms with Gasteiger partial charge in [-0.1, -0.05) is 76.7 Å². The number of aryl methyl sites for hydroxylation is 1. The predicted octanol–water partition coefficient (Wildman–Crippen LogP) is 6.29. The lowest BCUT2D eigenvalue weighted by Gasteiger charge is -2.25. The van der Waals surface area contributed by atoms with E-state index in [-0.39, 0.29) is 24.6 Å². The highest BCUT2D eigenvalue weighted by molar-refractivity contribution is 7.85. The average molecular weight is 573 g/mol. The summed E-state index contributed by atoms with van der Waals surface area (Å²) in [4.78, 5) is 14.4. The van der Waals surface area contributed by atoms with Gasteiger partial charge in [0, 0.05) is 50.3 Å². The van der Waals surface area contributed by atoms with Crippen molar-refractivity contribution in [2.45, 2.75) is 91.0 Å². The van der Waals surface area contributed by atoms with Gasteiger partial charge in [-0.15, -0.1) is 0 Å². The van der Waals surface area contributed by atoms with Crippen LogP contribution in [0.3, 0.4) is 0 Å². The second kappa shape index (κ2) is 19.4. The first kappa shape index (κ1) is 33.5. The highest BCUT2D eigenvalue weighted by Crippen LogP contribution is 2.19. The molecule has 0 saturated heterocycles. The number of pyridine rings is 1. The van der Waals surface area contributed by atoms with Gasteiger partial charge in [-0.25, -0.2) is 4.57 Å². The highest BCUT2D eigenvalue weighted by atomic mass is 32.2. The van der Waals surface area contributed by atoms with Crippen LogP contribution >= 0.6 is 0 Å². The summed E-state index contributed by atoms with van der Waals surface area (Å²) in [5, 5.41) is 2.68. The molecule has 0 fully saturated rings. The Hall–Kier alpha value is -2.71. The number of carbonyl (C=O) groups excluding carboxylic acids is 1. The molecule has 0 aliphatic heterocycles. The van der Waals surface area contributed by atoms with Gasteiger partial charge in [-0.05, 0) is 42.5 Å². The van der Waals surface area contributed by atoms with Crippen molar-refractivity contribution in [2.24, 2.45) is 0 Å². The van der Waals surface area contributed by atoms with Crippen LogP contribution in [0.15, 0.2) is 48.8 Å². The Bertz CT molecular complexity index is 1090. The molecule has 0 spiro atoms. The fourth-order valence-electron chi connectivity index (χ4n) is 4.54. The van der Waals surface area contributed by atoms with Crippen LogP contribution in [0, 0.1) is 0 Å². The fraction of sp³-hybridized carbons (Fsp3) is 0.562. The van der Waals surface area contributed by atoms with Gasteiger partial charge in [0.25, 0.3) is 10.1 Å². The number of hydrogen-bond donors (Lipinski definition) is 2. The van der Waals surface area contributed by atoms with Crippen LogP contribution in [-0.2, 0) is 21.5 Å². The van der Waals surface area contributed by atoms with Crippen LogP contribution in [0.5, 0.6) is 0 Å². The molecule has 2 N–H and O–H groups in total. The quantitative estimate of drug-likeness (QED) is 0.104. The van der Waals surface area contributed by atoms with Crippen LogP contribution in [0.1, 0.15) is 95.6 Å². The minimum absolute atomic E-state index is 0.113. The molecule has 0 aliphatic rings. The number of nitrogens with zero attached hydrogens (tertiary/aromatic N) is 2. The highest BCUT2D eigenvalue weighted by Gasteiger charge is 2.08. The van der Waals surface area contributed by atoms with E-state index in [2.05, 4.69) is 72.6 Å². The zero-order valence-electron chi connectivity index (χ0n) is 24.6. The lowest BCUT2D eigenvalue weighted by atomic mass is 10.1. The van der Waals surface area contributed by atoms with Crippen LogP contribution in [-0.4, -0.2) is 44.3 Å². The van der Waals surface area contributed by atoms with Gasteiger partial charge in [0.2, 0.25) is 5.91 Å². The second-order valence-electron chi connectivity index (χ2n) is 10.5. The Morgan fingerprint density at radius 3 is 1.95 bits per heavy atom. The molecule has 40 heavy (non-hydrogen) atoms. The van der Waals surface area contributed by atoms with Crippen molar-refractivity contribution in [1.29, 1.82) is 0 Å². The maximum Gasteiger partial charge on any atom is 0.264 e. The summed E-state index contributed by atoms with van der Waals surface area (Å²) in [6.45, 7) is 7.75. The summed E-state index contributed by atoms with van der Waals surface area (Å²) in [7, 11) is -3.97. The van der Waals surface area contributed by atoms with E-state index in [0.29, 0.717) is 12.8 Å². The van der Waals surface area contributed by atoms with Crippen molar-refractivity contribution in [3.63, 3.8) is 0 Å². The predicted molar refractivity (Wildman–Crippen MR) is 166 cm³/mol. The molecule has 222 valence electrons. The van der Waals surface area contributed by atoms with Crippen molar-refractivity contribution in [1.82, 2.24) is 5.32 Å². The van der Waals surface area contributed by atoms with Gasteiger partial charge in [0.05, 0.1) is 5.75 Å². The molecule has 0 bridgehead atoms. The summed E-state index contributed by atoms with van der Waals surface area (Å²) < 4.78 is 32.2. The van der Waals surface area contributed by atoms with Gasteiger partial charge in [0.15, 0.2) is 12.4 Å². The molecular formula is C32H50N3O4S+. The minimum Gasteiger partial charge on any atom is -0.372 e. The van der Waals surface area contributed by atoms with E-state index in [0.717, 1.165) is 25.2 Å². The van der Waals surface area contributed by atoms with E-state index in [9.17, 15) is 13.2 Å². The molecule has 0 saturated carbocycles. The third-order valence-electron chi connectivity index (χ3n) is 6.93. The summed E-state index contributed by atoms with van der Waals surface area (Å²) in [6.07, 6.45) is 19.8. The molecule has 8 heteroatoms. The summed E-state index contributed by atoms with van der Waals surface area (Å²) in [5.41, 5.74) is 3.61. The largest absolute Gasteiger partial charge is 0.372 e.